The van der Waals surface area contributed by atoms with E-state index in [1.807, 2.05) is 19.9 Å². The topological polar surface area (TPSA) is 30.5 Å². The second-order valence-electron chi connectivity index (χ2n) is 5.66. The van der Waals surface area contributed by atoms with Crippen LogP contribution in [0.1, 0.15) is 32.3 Å². The minimum atomic E-state index is 0.145. The van der Waals surface area contributed by atoms with Gasteiger partial charge >= 0.3 is 0 Å². The highest BCUT2D eigenvalue weighted by atomic mass is 79.9. The molecule has 1 aliphatic rings. The molecule has 1 aromatic carbocycles. The average molecular weight is 342 g/mol. The molecule has 0 radical (unpaired) electrons. The molecule has 3 nitrogen and oxygen atoms in total. The van der Waals surface area contributed by atoms with E-state index < -0.39 is 0 Å². The number of methoxy groups -OCH3 is 1. The molecule has 0 saturated carbocycles. The van der Waals surface area contributed by atoms with Crippen LogP contribution in [0.25, 0.3) is 0 Å². The van der Waals surface area contributed by atoms with Gasteiger partial charge in [0.05, 0.1) is 13.2 Å². The number of rotatable bonds is 5. The van der Waals surface area contributed by atoms with Gasteiger partial charge in [0, 0.05) is 4.47 Å². The van der Waals surface area contributed by atoms with Gasteiger partial charge in [-0.25, -0.2) is 0 Å². The van der Waals surface area contributed by atoms with Gasteiger partial charge < -0.3 is 14.8 Å². The summed E-state index contributed by atoms with van der Waals surface area (Å²) in [5.41, 5.74) is 1.31. The third-order valence-corrected chi connectivity index (χ3v) is 4.40. The van der Waals surface area contributed by atoms with E-state index in [9.17, 15) is 0 Å². The molecular formula is C16H24BrNO2. The summed E-state index contributed by atoms with van der Waals surface area (Å²) < 4.78 is 12.4. The van der Waals surface area contributed by atoms with Crippen LogP contribution < -0.4 is 14.8 Å². The zero-order valence-electron chi connectivity index (χ0n) is 12.5. The Morgan fingerprint density at radius 2 is 1.95 bits per heavy atom. The van der Waals surface area contributed by atoms with E-state index in [0.29, 0.717) is 0 Å². The van der Waals surface area contributed by atoms with Gasteiger partial charge in [-0.3, -0.25) is 0 Å². The molecule has 1 N–H and O–H groups in total. The Bertz CT molecular complexity index is 442. The number of nitrogens with one attached hydrogen (secondary N) is 1. The molecule has 1 heterocycles. The monoisotopic (exact) mass is 341 g/mol. The maximum atomic E-state index is 5.80. The van der Waals surface area contributed by atoms with Crippen molar-refractivity contribution in [3.8, 4) is 11.5 Å². The van der Waals surface area contributed by atoms with Gasteiger partial charge in [0.2, 0.25) is 0 Å². The summed E-state index contributed by atoms with van der Waals surface area (Å²) in [6, 6.07) is 4.15. The van der Waals surface area contributed by atoms with Crippen LogP contribution in [0.4, 0.5) is 0 Å². The zero-order valence-corrected chi connectivity index (χ0v) is 14.1. The highest BCUT2D eigenvalue weighted by molar-refractivity contribution is 9.10. The van der Waals surface area contributed by atoms with E-state index in [1.165, 1.54) is 18.4 Å². The lowest BCUT2D eigenvalue weighted by molar-refractivity contribution is 0.229. The standard InChI is InChI=1S/C16H24BrNO2/c1-11(2)20-16-10-14(17)13(9-15(16)19-3)8-12-4-6-18-7-5-12/h9-12,18H,4-8H2,1-3H3. The fraction of sp³-hybridized carbons (Fsp3) is 0.625. The first-order chi connectivity index (χ1) is 9.60. The summed E-state index contributed by atoms with van der Waals surface area (Å²) in [5, 5.41) is 3.41. The van der Waals surface area contributed by atoms with Crippen LogP contribution in [-0.4, -0.2) is 26.3 Å². The van der Waals surface area contributed by atoms with Crippen LogP contribution in [0.15, 0.2) is 16.6 Å². The summed E-state index contributed by atoms with van der Waals surface area (Å²) in [6.45, 7) is 6.31. The molecule has 0 bridgehead atoms. The molecule has 2 rings (SSSR count). The third kappa shape index (κ3) is 4.13. The van der Waals surface area contributed by atoms with Crippen molar-refractivity contribution in [1.82, 2.24) is 5.32 Å². The average Bonchev–Trinajstić information content (AvgIpc) is 2.42. The normalized spacial score (nSPS) is 16.4. The third-order valence-electron chi connectivity index (χ3n) is 3.66. The van der Waals surface area contributed by atoms with Gasteiger partial charge in [0.1, 0.15) is 0 Å². The fourth-order valence-corrected chi connectivity index (χ4v) is 3.12. The lowest BCUT2D eigenvalue weighted by Crippen LogP contribution is -2.28. The van der Waals surface area contributed by atoms with Crippen molar-refractivity contribution in [3.63, 3.8) is 0 Å². The summed E-state index contributed by atoms with van der Waals surface area (Å²) in [4.78, 5) is 0. The predicted molar refractivity (Wildman–Crippen MR) is 85.8 cm³/mol. The van der Waals surface area contributed by atoms with E-state index in [1.54, 1.807) is 7.11 Å². The van der Waals surface area contributed by atoms with Crippen molar-refractivity contribution in [1.29, 1.82) is 0 Å². The van der Waals surface area contributed by atoms with Gasteiger partial charge in [-0.1, -0.05) is 15.9 Å². The first-order valence-corrected chi connectivity index (χ1v) is 8.13. The number of hydrogen-bond donors (Lipinski definition) is 1. The molecule has 0 aliphatic carbocycles. The summed E-state index contributed by atoms with van der Waals surface area (Å²) in [7, 11) is 1.70. The molecule has 1 aliphatic heterocycles. The van der Waals surface area contributed by atoms with E-state index in [0.717, 1.165) is 41.4 Å². The Morgan fingerprint density at radius 3 is 2.55 bits per heavy atom. The highest BCUT2D eigenvalue weighted by Crippen LogP contribution is 2.36. The van der Waals surface area contributed by atoms with Crippen molar-refractivity contribution in [3.05, 3.63) is 22.2 Å². The van der Waals surface area contributed by atoms with Crippen molar-refractivity contribution in [2.75, 3.05) is 20.2 Å². The molecule has 112 valence electrons. The lowest BCUT2D eigenvalue weighted by atomic mass is 9.91. The molecule has 1 saturated heterocycles. The maximum absolute atomic E-state index is 5.80. The van der Waals surface area contributed by atoms with E-state index in [4.69, 9.17) is 9.47 Å². The number of halogens is 1. The maximum Gasteiger partial charge on any atom is 0.162 e. The Morgan fingerprint density at radius 1 is 1.25 bits per heavy atom. The largest absolute Gasteiger partial charge is 0.493 e. The second-order valence-corrected chi connectivity index (χ2v) is 6.51. The van der Waals surface area contributed by atoms with E-state index in [-0.39, 0.29) is 6.10 Å². The molecule has 1 fully saturated rings. The lowest BCUT2D eigenvalue weighted by Gasteiger charge is -2.23. The molecular weight excluding hydrogens is 318 g/mol. The van der Waals surface area contributed by atoms with Crippen molar-refractivity contribution in [2.45, 2.75) is 39.2 Å². The molecule has 4 heteroatoms. The number of hydrogen-bond acceptors (Lipinski definition) is 3. The summed E-state index contributed by atoms with van der Waals surface area (Å²) >= 11 is 3.68. The Balaban J connectivity index is 2.16. The van der Waals surface area contributed by atoms with Gasteiger partial charge in [0.25, 0.3) is 0 Å². The number of benzene rings is 1. The predicted octanol–water partition coefficient (Wildman–Crippen LogP) is 3.79. The van der Waals surface area contributed by atoms with Crippen LogP contribution in [0, 0.1) is 5.92 Å². The molecule has 0 atom stereocenters. The Hall–Kier alpha value is -0.740. The summed E-state index contributed by atoms with van der Waals surface area (Å²) in [6.07, 6.45) is 3.74. The quantitative estimate of drug-likeness (QED) is 0.883. The molecule has 0 unspecified atom stereocenters. The SMILES string of the molecule is COc1cc(CC2CCNCC2)c(Br)cc1OC(C)C. The Kier molecular flexibility index (Phi) is 5.73. The van der Waals surface area contributed by atoms with Gasteiger partial charge in [0.15, 0.2) is 11.5 Å². The minimum Gasteiger partial charge on any atom is -0.493 e. The van der Waals surface area contributed by atoms with Gasteiger partial charge in [-0.15, -0.1) is 0 Å². The number of piperidine rings is 1. The van der Waals surface area contributed by atoms with Crippen LogP contribution in [0.5, 0.6) is 11.5 Å². The van der Waals surface area contributed by atoms with Crippen LogP contribution in [0.2, 0.25) is 0 Å². The number of ether oxygens (including phenoxy) is 2. The second kappa shape index (κ2) is 7.32. The molecule has 1 aromatic rings. The first-order valence-electron chi connectivity index (χ1n) is 7.34. The Labute approximate surface area is 130 Å². The van der Waals surface area contributed by atoms with Crippen LogP contribution in [0.3, 0.4) is 0 Å². The molecule has 0 aromatic heterocycles. The minimum absolute atomic E-state index is 0.145. The summed E-state index contributed by atoms with van der Waals surface area (Å²) in [5.74, 6) is 2.39. The van der Waals surface area contributed by atoms with E-state index in [2.05, 4.69) is 27.3 Å². The van der Waals surface area contributed by atoms with Gasteiger partial charge in [-0.2, -0.15) is 0 Å². The van der Waals surface area contributed by atoms with Crippen molar-refractivity contribution in [2.24, 2.45) is 5.92 Å². The van der Waals surface area contributed by atoms with Crippen LogP contribution in [-0.2, 0) is 6.42 Å². The van der Waals surface area contributed by atoms with Gasteiger partial charge in [-0.05, 0) is 69.8 Å². The molecule has 20 heavy (non-hydrogen) atoms. The van der Waals surface area contributed by atoms with Crippen LogP contribution >= 0.6 is 15.9 Å². The van der Waals surface area contributed by atoms with Crippen molar-refractivity contribution >= 4 is 15.9 Å². The zero-order chi connectivity index (χ0) is 14.5. The fourth-order valence-electron chi connectivity index (χ4n) is 2.64. The van der Waals surface area contributed by atoms with Crippen molar-refractivity contribution < 1.29 is 9.47 Å². The first kappa shape index (κ1) is 15.6. The highest BCUT2D eigenvalue weighted by Gasteiger charge is 2.17. The van der Waals surface area contributed by atoms with E-state index >= 15 is 0 Å². The molecule has 0 spiro atoms. The molecule has 0 amide bonds. The smallest absolute Gasteiger partial charge is 0.162 e.